The van der Waals surface area contributed by atoms with E-state index in [2.05, 4.69) is 13.0 Å². The second-order valence-electron chi connectivity index (χ2n) is 4.32. The van der Waals surface area contributed by atoms with E-state index in [0.717, 1.165) is 20.5 Å². The molecule has 2 nitrogen and oxygen atoms in total. The zero-order valence-corrected chi connectivity index (χ0v) is 12.0. The minimum Gasteiger partial charge on any atom is -0.488 e. The fourth-order valence-corrected chi connectivity index (χ4v) is 2.73. The Kier molecular flexibility index (Phi) is 4.27. The molecule has 2 aromatic rings. The molecule has 0 bridgehead atoms. The molecule has 0 fully saturated rings. The van der Waals surface area contributed by atoms with Crippen LogP contribution in [-0.2, 0) is 6.61 Å². The third-order valence-electron chi connectivity index (χ3n) is 2.65. The monoisotopic (exact) mass is 281 g/mol. The van der Waals surface area contributed by atoms with Crippen molar-refractivity contribution in [1.29, 1.82) is 0 Å². The van der Waals surface area contributed by atoms with E-state index in [1.165, 1.54) is 16.9 Å². The van der Waals surface area contributed by atoms with Gasteiger partial charge in [-0.15, -0.1) is 11.3 Å². The molecular formula is C14H16ClNOS. The van der Waals surface area contributed by atoms with Crippen LogP contribution in [0.3, 0.4) is 0 Å². The van der Waals surface area contributed by atoms with Gasteiger partial charge >= 0.3 is 0 Å². The first-order chi connectivity index (χ1) is 8.56. The topological polar surface area (TPSA) is 35.2 Å². The zero-order valence-electron chi connectivity index (χ0n) is 10.4. The van der Waals surface area contributed by atoms with Gasteiger partial charge in [-0.05, 0) is 32.0 Å². The molecule has 0 saturated carbocycles. The number of benzene rings is 1. The Hall–Kier alpha value is -1.03. The minimum absolute atomic E-state index is 0.0353. The number of aryl methyl sites for hydroxylation is 1. The van der Waals surface area contributed by atoms with Crippen molar-refractivity contribution < 1.29 is 4.74 Å². The lowest BCUT2D eigenvalue weighted by Gasteiger charge is -2.14. The Morgan fingerprint density at radius 2 is 2.11 bits per heavy atom. The van der Waals surface area contributed by atoms with E-state index in [-0.39, 0.29) is 6.04 Å². The number of nitrogens with two attached hydrogens (primary N) is 1. The summed E-state index contributed by atoms with van der Waals surface area (Å²) >= 11 is 7.42. The van der Waals surface area contributed by atoms with Crippen LogP contribution < -0.4 is 10.5 Å². The summed E-state index contributed by atoms with van der Waals surface area (Å²) in [7, 11) is 0. The van der Waals surface area contributed by atoms with Gasteiger partial charge in [-0.2, -0.15) is 0 Å². The lowest BCUT2D eigenvalue weighted by molar-refractivity contribution is 0.305. The first-order valence-electron chi connectivity index (χ1n) is 5.79. The van der Waals surface area contributed by atoms with Crippen molar-refractivity contribution in [3.63, 3.8) is 0 Å². The normalized spacial score (nSPS) is 12.4. The molecule has 0 radical (unpaired) electrons. The van der Waals surface area contributed by atoms with Gasteiger partial charge in [0.1, 0.15) is 12.4 Å². The highest BCUT2D eigenvalue weighted by Crippen LogP contribution is 2.27. The number of ether oxygens (including phenoxy) is 1. The summed E-state index contributed by atoms with van der Waals surface area (Å²) in [5.41, 5.74) is 8.19. The molecule has 0 aliphatic rings. The van der Waals surface area contributed by atoms with Crippen LogP contribution in [-0.4, -0.2) is 0 Å². The van der Waals surface area contributed by atoms with Crippen LogP contribution in [0.2, 0.25) is 4.34 Å². The predicted molar refractivity (Wildman–Crippen MR) is 77.4 cm³/mol. The lowest BCUT2D eigenvalue weighted by atomic mass is 10.1. The highest BCUT2D eigenvalue weighted by molar-refractivity contribution is 7.16. The number of halogens is 1. The third-order valence-corrected chi connectivity index (χ3v) is 3.86. The highest BCUT2D eigenvalue weighted by atomic mass is 35.5. The maximum Gasteiger partial charge on any atom is 0.124 e. The van der Waals surface area contributed by atoms with Gasteiger partial charge in [-0.25, -0.2) is 0 Å². The summed E-state index contributed by atoms with van der Waals surface area (Å²) in [5.74, 6) is 0.847. The van der Waals surface area contributed by atoms with Crippen molar-refractivity contribution in [2.45, 2.75) is 26.5 Å². The second kappa shape index (κ2) is 5.74. The van der Waals surface area contributed by atoms with E-state index in [4.69, 9.17) is 22.1 Å². The van der Waals surface area contributed by atoms with Gasteiger partial charge in [-0.3, -0.25) is 0 Å². The summed E-state index contributed by atoms with van der Waals surface area (Å²) in [6.07, 6.45) is 0. The number of hydrogen-bond donors (Lipinski definition) is 1. The van der Waals surface area contributed by atoms with Crippen LogP contribution in [0, 0.1) is 6.92 Å². The van der Waals surface area contributed by atoms with Gasteiger partial charge in [0.15, 0.2) is 0 Å². The SMILES string of the molecule is Cc1ccc(OCc2ccc(Cl)s2)c([C@@H](C)N)c1. The van der Waals surface area contributed by atoms with Crippen molar-refractivity contribution in [2.24, 2.45) is 5.73 Å². The number of hydrogen-bond acceptors (Lipinski definition) is 3. The second-order valence-corrected chi connectivity index (χ2v) is 6.12. The Bertz CT molecular complexity index is 536. The first-order valence-corrected chi connectivity index (χ1v) is 6.99. The van der Waals surface area contributed by atoms with Crippen molar-refractivity contribution in [1.82, 2.24) is 0 Å². The molecule has 96 valence electrons. The van der Waals surface area contributed by atoms with Gasteiger partial charge in [-0.1, -0.05) is 29.3 Å². The van der Waals surface area contributed by atoms with E-state index >= 15 is 0 Å². The highest BCUT2D eigenvalue weighted by Gasteiger charge is 2.09. The zero-order chi connectivity index (χ0) is 13.1. The van der Waals surface area contributed by atoms with Gasteiger partial charge in [0, 0.05) is 16.5 Å². The van der Waals surface area contributed by atoms with E-state index in [1.54, 1.807) is 0 Å². The fraction of sp³-hybridized carbons (Fsp3) is 0.286. The Morgan fingerprint density at radius 1 is 1.33 bits per heavy atom. The first kappa shape index (κ1) is 13.4. The van der Waals surface area contributed by atoms with Crippen molar-refractivity contribution in [3.8, 4) is 5.75 Å². The average molecular weight is 282 g/mol. The largest absolute Gasteiger partial charge is 0.488 e. The molecule has 0 amide bonds. The van der Waals surface area contributed by atoms with Gasteiger partial charge in [0.2, 0.25) is 0 Å². The number of thiophene rings is 1. The molecular weight excluding hydrogens is 266 g/mol. The summed E-state index contributed by atoms with van der Waals surface area (Å²) in [5, 5.41) is 0. The van der Waals surface area contributed by atoms with Crippen molar-refractivity contribution in [2.75, 3.05) is 0 Å². The molecule has 1 aromatic carbocycles. The van der Waals surface area contributed by atoms with Crippen LogP contribution in [0.1, 0.15) is 29.0 Å². The van der Waals surface area contributed by atoms with Gasteiger partial charge in [0.05, 0.1) is 4.34 Å². The standard InChI is InChI=1S/C14H16ClNOS/c1-9-3-5-13(12(7-9)10(2)16)17-8-11-4-6-14(15)18-11/h3-7,10H,8,16H2,1-2H3/t10-/m1/s1. The molecule has 1 heterocycles. The summed E-state index contributed by atoms with van der Waals surface area (Å²) < 4.78 is 6.61. The van der Waals surface area contributed by atoms with Crippen LogP contribution in [0.25, 0.3) is 0 Å². The van der Waals surface area contributed by atoms with E-state index < -0.39 is 0 Å². The van der Waals surface area contributed by atoms with Crippen LogP contribution in [0.5, 0.6) is 5.75 Å². The molecule has 1 atom stereocenters. The molecule has 1 aromatic heterocycles. The van der Waals surface area contributed by atoms with E-state index in [1.807, 2.05) is 31.2 Å². The molecule has 4 heteroatoms. The van der Waals surface area contributed by atoms with E-state index in [0.29, 0.717) is 6.61 Å². The molecule has 2 rings (SSSR count). The van der Waals surface area contributed by atoms with Crippen LogP contribution >= 0.6 is 22.9 Å². The Morgan fingerprint density at radius 3 is 2.72 bits per heavy atom. The van der Waals surface area contributed by atoms with Gasteiger partial charge < -0.3 is 10.5 Å². The van der Waals surface area contributed by atoms with Crippen molar-refractivity contribution >= 4 is 22.9 Å². The lowest BCUT2D eigenvalue weighted by Crippen LogP contribution is -2.08. The quantitative estimate of drug-likeness (QED) is 0.906. The summed E-state index contributed by atoms with van der Waals surface area (Å²) in [6, 6.07) is 9.90. The molecule has 0 unspecified atom stereocenters. The van der Waals surface area contributed by atoms with Gasteiger partial charge in [0.25, 0.3) is 0 Å². The molecule has 0 spiro atoms. The smallest absolute Gasteiger partial charge is 0.124 e. The van der Waals surface area contributed by atoms with Crippen molar-refractivity contribution in [3.05, 3.63) is 50.7 Å². The van der Waals surface area contributed by atoms with Crippen LogP contribution in [0.4, 0.5) is 0 Å². The fourth-order valence-electron chi connectivity index (χ4n) is 1.73. The molecule has 0 aliphatic carbocycles. The third kappa shape index (κ3) is 3.25. The summed E-state index contributed by atoms with van der Waals surface area (Å²) in [4.78, 5) is 1.11. The maximum absolute atomic E-state index is 5.96. The molecule has 0 saturated heterocycles. The van der Waals surface area contributed by atoms with Crippen LogP contribution in [0.15, 0.2) is 30.3 Å². The average Bonchev–Trinajstić information content (AvgIpc) is 2.73. The Balaban J connectivity index is 2.13. The molecule has 2 N–H and O–H groups in total. The minimum atomic E-state index is -0.0353. The van der Waals surface area contributed by atoms with E-state index in [9.17, 15) is 0 Å². The predicted octanol–water partition coefficient (Wildman–Crippen LogP) is 4.31. The summed E-state index contributed by atoms with van der Waals surface area (Å²) in [6.45, 7) is 4.54. The molecule has 0 aliphatic heterocycles. The molecule has 18 heavy (non-hydrogen) atoms. The maximum atomic E-state index is 5.96. The number of rotatable bonds is 4. The Labute approximate surface area is 116 Å².